The maximum Gasteiger partial charge on any atom is 0.350 e. The molecule has 0 atom stereocenters. The Hall–Kier alpha value is -1.01. The molecule has 0 aromatic carbocycles. The lowest BCUT2D eigenvalue weighted by Gasteiger charge is -2.14. The van der Waals surface area contributed by atoms with E-state index in [2.05, 4.69) is 11.8 Å². The SMILES string of the molecule is CN(Cc1cc(C#CCN)cs1)S(=O)(=O)C(F)F. The van der Waals surface area contributed by atoms with Gasteiger partial charge in [-0.25, -0.2) is 8.42 Å². The van der Waals surface area contributed by atoms with E-state index in [-0.39, 0.29) is 13.1 Å². The van der Waals surface area contributed by atoms with Crippen molar-refractivity contribution in [1.82, 2.24) is 4.31 Å². The van der Waals surface area contributed by atoms with Gasteiger partial charge in [0.25, 0.3) is 10.0 Å². The van der Waals surface area contributed by atoms with Crippen molar-refractivity contribution in [2.75, 3.05) is 13.6 Å². The molecular formula is C10H12F2N2O2S2. The van der Waals surface area contributed by atoms with Gasteiger partial charge in [-0.05, 0) is 6.07 Å². The number of nitrogens with two attached hydrogens (primary N) is 1. The minimum absolute atomic E-state index is 0.0956. The van der Waals surface area contributed by atoms with E-state index >= 15 is 0 Å². The summed E-state index contributed by atoms with van der Waals surface area (Å²) in [5.74, 6) is 2.03. The fourth-order valence-electron chi connectivity index (χ4n) is 1.13. The number of sulfonamides is 1. The lowest BCUT2D eigenvalue weighted by molar-refractivity contribution is 0.222. The zero-order chi connectivity index (χ0) is 13.8. The van der Waals surface area contributed by atoms with Crippen LogP contribution >= 0.6 is 11.3 Å². The summed E-state index contributed by atoms with van der Waals surface area (Å²) < 4.78 is 47.5. The van der Waals surface area contributed by atoms with Gasteiger partial charge in [0.1, 0.15) is 0 Å². The monoisotopic (exact) mass is 294 g/mol. The molecule has 0 bridgehead atoms. The van der Waals surface area contributed by atoms with Crippen molar-refractivity contribution < 1.29 is 17.2 Å². The third-order valence-electron chi connectivity index (χ3n) is 2.03. The second kappa shape index (κ2) is 6.24. The van der Waals surface area contributed by atoms with Crippen molar-refractivity contribution in [3.05, 3.63) is 21.9 Å². The first-order chi connectivity index (χ1) is 8.37. The zero-order valence-corrected chi connectivity index (χ0v) is 11.2. The van der Waals surface area contributed by atoms with Crippen LogP contribution in [0.4, 0.5) is 8.78 Å². The molecule has 0 radical (unpaired) electrons. The summed E-state index contributed by atoms with van der Waals surface area (Å²) in [6, 6.07) is 1.66. The van der Waals surface area contributed by atoms with Crippen molar-refractivity contribution >= 4 is 21.4 Å². The van der Waals surface area contributed by atoms with Crippen LogP contribution in [-0.2, 0) is 16.6 Å². The second-order valence-electron chi connectivity index (χ2n) is 3.37. The Kier molecular flexibility index (Phi) is 5.22. The van der Waals surface area contributed by atoms with E-state index in [0.717, 1.165) is 7.05 Å². The first kappa shape index (κ1) is 15.0. The van der Waals surface area contributed by atoms with Crippen LogP contribution < -0.4 is 5.73 Å². The predicted molar refractivity (Wildman–Crippen MR) is 66.6 cm³/mol. The Bertz CT molecular complexity index is 558. The molecular weight excluding hydrogens is 282 g/mol. The van der Waals surface area contributed by atoms with E-state index in [4.69, 9.17) is 5.73 Å². The number of nitrogens with zero attached hydrogens (tertiary/aromatic N) is 1. The summed E-state index contributed by atoms with van der Waals surface area (Å²) in [5.41, 5.74) is 5.91. The Morgan fingerprint density at radius 2 is 2.22 bits per heavy atom. The summed E-state index contributed by atoms with van der Waals surface area (Å²) in [4.78, 5) is 0.642. The highest BCUT2D eigenvalue weighted by Crippen LogP contribution is 2.19. The summed E-state index contributed by atoms with van der Waals surface area (Å²) in [6.07, 6.45) is 0. The van der Waals surface area contributed by atoms with E-state index in [1.54, 1.807) is 11.4 Å². The normalized spacial score (nSPS) is 11.7. The van der Waals surface area contributed by atoms with Gasteiger partial charge in [0, 0.05) is 29.4 Å². The van der Waals surface area contributed by atoms with Gasteiger partial charge < -0.3 is 5.73 Å². The minimum Gasteiger partial charge on any atom is -0.320 e. The van der Waals surface area contributed by atoms with E-state index in [1.165, 1.54) is 11.3 Å². The molecule has 1 aromatic heterocycles. The van der Waals surface area contributed by atoms with Gasteiger partial charge in [-0.1, -0.05) is 11.8 Å². The Morgan fingerprint density at radius 3 is 2.78 bits per heavy atom. The Labute approximate surface area is 108 Å². The summed E-state index contributed by atoms with van der Waals surface area (Å²) in [6.45, 7) is 0.131. The number of halogens is 2. The molecule has 18 heavy (non-hydrogen) atoms. The maximum atomic E-state index is 12.3. The molecule has 0 aliphatic rings. The van der Waals surface area contributed by atoms with Crippen molar-refractivity contribution in [3.8, 4) is 11.8 Å². The van der Waals surface area contributed by atoms with E-state index in [0.29, 0.717) is 14.7 Å². The van der Waals surface area contributed by atoms with Crippen LogP contribution in [0.5, 0.6) is 0 Å². The van der Waals surface area contributed by atoms with Crippen LogP contribution in [0.15, 0.2) is 11.4 Å². The van der Waals surface area contributed by atoms with Crippen LogP contribution in [0.1, 0.15) is 10.4 Å². The van der Waals surface area contributed by atoms with Crippen LogP contribution in [0.25, 0.3) is 0 Å². The highest BCUT2D eigenvalue weighted by atomic mass is 32.2. The highest BCUT2D eigenvalue weighted by molar-refractivity contribution is 7.89. The van der Waals surface area contributed by atoms with E-state index in [9.17, 15) is 17.2 Å². The van der Waals surface area contributed by atoms with Crippen LogP contribution in [0.2, 0.25) is 0 Å². The Balaban J connectivity index is 2.77. The molecule has 0 saturated heterocycles. The molecule has 1 rings (SSSR count). The number of thiophene rings is 1. The third-order valence-corrected chi connectivity index (χ3v) is 4.40. The summed E-state index contributed by atoms with van der Waals surface area (Å²) in [5, 5.41) is 1.72. The first-order valence-electron chi connectivity index (χ1n) is 4.87. The van der Waals surface area contributed by atoms with Crippen molar-refractivity contribution in [3.63, 3.8) is 0 Å². The van der Waals surface area contributed by atoms with Gasteiger partial charge in [-0.3, -0.25) is 0 Å². The molecule has 0 fully saturated rings. The highest BCUT2D eigenvalue weighted by Gasteiger charge is 2.29. The number of hydrogen-bond donors (Lipinski definition) is 1. The molecule has 4 nitrogen and oxygen atoms in total. The molecule has 0 aliphatic heterocycles. The molecule has 0 unspecified atom stereocenters. The zero-order valence-electron chi connectivity index (χ0n) is 9.56. The van der Waals surface area contributed by atoms with Gasteiger partial charge in [-0.15, -0.1) is 11.3 Å². The van der Waals surface area contributed by atoms with E-state index in [1.807, 2.05) is 0 Å². The van der Waals surface area contributed by atoms with Crippen LogP contribution in [0.3, 0.4) is 0 Å². The Morgan fingerprint density at radius 1 is 1.56 bits per heavy atom. The molecule has 1 heterocycles. The third kappa shape index (κ3) is 3.74. The molecule has 0 spiro atoms. The lowest BCUT2D eigenvalue weighted by Crippen LogP contribution is -2.31. The fraction of sp³-hybridized carbons (Fsp3) is 0.400. The molecule has 0 aliphatic carbocycles. The number of rotatable bonds is 4. The van der Waals surface area contributed by atoms with Crippen molar-refractivity contribution in [2.45, 2.75) is 12.3 Å². The minimum atomic E-state index is -4.53. The molecule has 2 N–H and O–H groups in total. The van der Waals surface area contributed by atoms with E-state index < -0.39 is 15.8 Å². The quantitative estimate of drug-likeness (QED) is 0.844. The molecule has 0 saturated carbocycles. The summed E-state index contributed by atoms with van der Waals surface area (Å²) in [7, 11) is -3.41. The largest absolute Gasteiger partial charge is 0.350 e. The first-order valence-corrected chi connectivity index (χ1v) is 7.26. The van der Waals surface area contributed by atoms with Gasteiger partial charge in [0.15, 0.2) is 0 Å². The lowest BCUT2D eigenvalue weighted by atomic mass is 10.3. The fourth-order valence-corrected chi connectivity index (χ4v) is 2.67. The maximum absolute atomic E-state index is 12.3. The molecule has 0 amide bonds. The molecule has 1 aromatic rings. The predicted octanol–water partition coefficient (Wildman–Crippen LogP) is 1.04. The standard InChI is InChI=1S/C10H12F2N2O2S2/c1-14(18(15,16)10(11)12)6-9-5-8(7-17-9)3-2-4-13/h5,7,10H,4,6,13H2,1H3. The van der Waals surface area contributed by atoms with Crippen LogP contribution in [-0.4, -0.2) is 32.1 Å². The molecule has 100 valence electrons. The average molecular weight is 294 g/mol. The smallest absolute Gasteiger partial charge is 0.320 e. The topological polar surface area (TPSA) is 63.4 Å². The van der Waals surface area contributed by atoms with Crippen molar-refractivity contribution in [2.24, 2.45) is 5.73 Å². The van der Waals surface area contributed by atoms with Gasteiger partial charge in [-0.2, -0.15) is 13.1 Å². The second-order valence-corrected chi connectivity index (χ2v) is 6.37. The van der Waals surface area contributed by atoms with Crippen LogP contribution in [0, 0.1) is 11.8 Å². The van der Waals surface area contributed by atoms with Gasteiger partial charge in [0.05, 0.1) is 6.54 Å². The van der Waals surface area contributed by atoms with Crippen molar-refractivity contribution in [1.29, 1.82) is 0 Å². The number of hydrogen-bond acceptors (Lipinski definition) is 4. The number of alkyl halides is 2. The molecule has 8 heteroatoms. The average Bonchev–Trinajstić information content (AvgIpc) is 2.73. The van der Waals surface area contributed by atoms with Gasteiger partial charge in [0.2, 0.25) is 0 Å². The van der Waals surface area contributed by atoms with Gasteiger partial charge >= 0.3 is 5.76 Å². The summed E-state index contributed by atoms with van der Waals surface area (Å²) >= 11 is 1.26.